The predicted octanol–water partition coefficient (Wildman–Crippen LogP) is 2.67. The van der Waals surface area contributed by atoms with Gasteiger partial charge in [-0.2, -0.15) is 0 Å². The minimum atomic E-state index is 0.229. The topological polar surface area (TPSA) is 18.5 Å². The first-order valence-corrected chi connectivity index (χ1v) is 8.33. The highest BCUT2D eigenvalue weighted by Gasteiger charge is 2.26. The lowest BCUT2D eigenvalue weighted by Gasteiger charge is -2.39. The fraction of sp³-hybridized carbons (Fsp3) is 1.00. The lowest BCUT2D eigenvalue weighted by molar-refractivity contribution is 0.0979. The molecule has 0 amide bonds. The maximum Gasteiger partial charge on any atom is 0.0105 e. The van der Waals surface area contributed by atoms with Gasteiger partial charge in [-0.3, -0.25) is 0 Å². The van der Waals surface area contributed by atoms with Crippen LogP contribution in [0.3, 0.4) is 0 Å². The zero-order valence-electron chi connectivity index (χ0n) is 14.9. The van der Waals surface area contributed by atoms with E-state index in [2.05, 4.69) is 63.8 Å². The Labute approximate surface area is 127 Å². The Balaban J connectivity index is 2.32. The first-order valence-electron chi connectivity index (χ1n) is 8.33. The van der Waals surface area contributed by atoms with E-state index in [4.69, 9.17) is 0 Å². The van der Waals surface area contributed by atoms with E-state index in [0.29, 0.717) is 12.0 Å². The number of hydrogen-bond acceptors (Lipinski definition) is 3. The van der Waals surface area contributed by atoms with Crippen LogP contribution in [0.25, 0.3) is 0 Å². The van der Waals surface area contributed by atoms with Gasteiger partial charge in [0.15, 0.2) is 0 Å². The summed E-state index contributed by atoms with van der Waals surface area (Å²) in [6.07, 6.45) is 2.73. The number of hydrogen-bond donors (Lipinski definition) is 1. The quantitative estimate of drug-likeness (QED) is 0.808. The number of rotatable bonds is 6. The Kier molecular flexibility index (Phi) is 6.96. The molecule has 0 radical (unpaired) electrons. The summed E-state index contributed by atoms with van der Waals surface area (Å²) in [5, 5.41) is 3.64. The average Bonchev–Trinajstić information content (AvgIpc) is 2.34. The molecule has 3 nitrogen and oxygen atoms in total. The second-order valence-corrected chi connectivity index (χ2v) is 8.09. The number of piperidine rings is 1. The Morgan fingerprint density at radius 3 is 2.15 bits per heavy atom. The maximum absolute atomic E-state index is 3.64. The molecule has 0 aromatic rings. The summed E-state index contributed by atoms with van der Waals surface area (Å²) in [6.45, 7) is 16.5. The molecule has 2 atom stereocenters. The Morgan fingerprint density at radius 2 is 1.70 bits per heavy atom. The summed E-state index contributed by atoms with van der Waals surface area (Å²) in [5.41, 5.74) is 0.229. The highest BCUT2D eigenvalue weighted by atomic mass is 15.2. The van der Waals surface area contributed by atoms with E-state index < -0.39 is 0 Å². The van der Waals surface area contributed by atoms with Crippen LogP contribution in [0, 0.1) is 11.8 Å². The van der Waals surface area contributed by atoms with Crippen molar-refractivity contribution in [3.63, 3.8) is 0 Å². The maximum atomic E-state index is 3.64. The van der Waals surface area contributed by atoms with Crippen molar-refractivity contribution in [1.29, 1.82) is 0 Å². The molecule has 0 spiro atoms. The molecule has 20 heavy (non-hydrogen) atoms. The summed E-state index contributed by atoms with van der Waals surface area (Å²) in [5.74, 6) is 1.61. The van der Waals surface area contributed by atoms with Crippen LogP contribution in [0.15, 0.2) is 0 Å². The van der Waals surface area contributed by atoms with Gasteiger partial charge in [-0.15, -0.1) is 0 Å². The largest absolute Gasteiger partial charge is 0.312 e. The molecule has 120 valence electrons. The monoisotopic (exact) mass is 283 g/mol. The molecule has 0 aliphatic carbocycles. The van der Waals surface area contributed by atoms with Crippen LogP contribution >= 0.6 is 0 Å². The van der Waals surface area contributed by atoms with E-state index in [1.54, 1.807) is 0 Å². The zero-order valence-corrected chi connectivity index (χ0v) is 14.9. The third-order valence-electron chi connectivity index (χ3n) is 4.63. The van der Waals surface area contributed by atoms with Gasteiger partial charge in [0.25, 0.3) is 0 Å². The Hall–Kier alpha value is -0.120. The van der Waals surface area contributed by atoms with E-state index in [1.165, 1.54) is 32.5 Å². The molecule has 1 N–H and O–H groups in total. The minimum Gasteiger partial charge on any atom is -0.312 e. The van der Waals surface area contributed by atoms with Crippen LogP contribution in [-0.4, -0.2) is 61.7 Å². The van der Waals surface area contributed by atoms with Gasteiger partial charge >= 0.3 is 0 Å². The molecule has 1 fully saturated rings. The van der Waals surface area contributed by atoms with Crippen LogP contribution in [0.2, 0.25) is 0 Å². The van der Waals surface area contributed by atoms with Gasteiger partial charge in [0.2, 0.25) is 0 Å². The lowest BCUT2D eigenvalue weighted by Crippen LogP contribution is -2.48. The highest BCUT2D eigenvalue weighted by Crippen LogP contribution is 2.22. The van der Waals surface area contributed by atoms with Crippen LogP contribution in [0.5, 0.6) is 0 Å². The second kappa shape index (κ2) is 7.77. The summed E-state index contributed by atoms with van der Waals surface area (Å²) < 4.78 is 0. The van der Waals surface area contributed by atoms with Crippen LogP contribution < -0.4 is 5.32 Å². The fourth-order valence-electron chi connectivity index (χ4n) is 3.06. The standard InChI is InChI=1S/C17H37N3/c1-14(12-18-17(3,4)5)15(2)20-10-8-16(9-11-20)13-19(6)7/h14-16,18H,8-13H2,1-7H3. The molecule has 0 bridgehead atoms. The van der Waals surface area contributed by atoms with Crippen molar-refractivity contribution in [3.05, 3.63) is 0 Å². The zero-order chi connectivity index (χ0) is 15.3. The molecular formula is C17H37N3. The van der Waals surface area contributed by atoms with Gasteiger partial charge in [-0.05, 0) is 86.1 Å². The molecule has 1 aliphatic rings. The summed E-state index contributed by atoms with van der Waals surface area (Å²) in [4.78, 5) is 5.03. The van der Waals surface area contributed by atoms with E-state index in [9.17, 15) is 0 Å². The third-order valence-corrected chi connectivity index (χ3v) is 4.63. The highest BCUT2D eigenvalue weighted by molar-refractivity contribution is 4.82. The molecule has 0 aromatic heterocycles. The van der Waals surface area contributed by atoms with Crippen molar-refractivity contribution in [3.8, 4) is 0 Å². The first kappa shape index (κ1) is 17.9. The number of nitrogens with one attached hydrogen (secondary N) is 1. The van der Waals surface area contributed by atoms with E-state index in [0.717, 1.165) is 12.5 Å². The molecule has 3 heteroatoms. The first-order chi connectivity index (χ1) is 9.19. The van der Waals surface area contributed by atoms with Crippen LogP contribution in [0.4, 0.5) is 0 Å². The fourth-order valence-corrected chi connectivity index (χ4v) is 3.06. The molecule has 1 rings (SSSR count). The van der Waals surface area contributed by atoms with Gasteiger partial charge in [0, 0.05) is 18.1 Å². The second-order valence-electron chi connectivity index (χ2n) is 8.09. The van der Waals surface area contributed by atoms with Gasteiger partial charge in [-0.25, -0.2) is 0 Å². The van der Waals surface area contributed by atoms with Crippen LogP contribution in [-0.2, 0) is 0 Å². The van der Waals surface area contributed by atoms with Gasteiger partial charge in [0.05, 0.1) is 0 Å². The molecule has 1 aliphatic heterocycles. The van der Waals surface area contributed by atoms with E-state index >= 15 is 0 Å². The minimum absolute atomic E-state index is 0.229. The van der Waals surface area contributed by atoms with E-state index in [1.807, 2.05) is 0 Å². The van der Waals surface area contributed by atoms with Crippen molar-refractivity contribution in [2.45, 2.75) is 59.0 Å². The van der Waals surface area contributed by atoms with Crippen LogP contribution in [0.1, 0.15) is 47.5 Å². The molecule has 1 heterocycles. The van der Waals surface area contributed by atoms with Gasteiger partial charge in [-0.1, -0.05) is 6.92 Å². The van der Waals surface area contributed by atoms with Gasteiger partial charge in [0.1, 0.15) is 0 Å². The summed E-state index contributed by atoms with van der Waals surface area (Å²) >= 11 is 0. The SMILES string of the molecule is CC(CNC(C)(C)C)C(C)N1CCC(CN(C)C)CC1. The smallest absolute Gasteiger partial charge is 0.0105 e. The molecule has 0 aromatic carbocycles. The molecule has 1 saturated heterocycles. The van der Waals surface area contributed by atoms with Crippen molar-refractivity contribution >= 4 is 0 Å². The molecule has 0 saturated carbocycles. The van der Waals surface area contributed by atoms with E-state index in [-0.39, 0.29) is 5.54 Å². The Bertz CT molecular complexity index is 262. The normalized spacial score (nSPS) is 22.2. The van der Waals surface area contributed by atoms with Gasteiger partial charge < -0.3 is 15.1 Å². The summed E-state index contributed by atoms with van der Waals surface area (Å²) in [7, 11) is 4.38. The Morgan fingerprint density at radius 1 is 1.15 bits per heavy atom. The third kappa shape index (κ3) is 6.55. The lowest BCUT2D eigenvalue weighted by atomic mass is 9.92. The van der Waals surface area contributed by atoms with Crippen molar-refractivity contribution in [2.24, 2.45) is 11.8 Å². The average molecular weight is 284 g/mol. The molecular weight excluding hydrogens is 246 g/mol. The summed E-state index contributed by atoms with van der Waals surface area (Å²) in [6, 6.07) is 0.685. The predicted molar refractivity (Wildman–Crippen MR) is 89.2 cm³/mol. The van der Waals surface area contributed by atoms with Crippen molar-refractivity contribution < 1.29 is 0 Å². The molecule has 2 unspecified atom stereocenters. The van der Waals surface area contributed by atoms with Crippen molar-refractivity contribution in [2.75, 3.05) is 40.3 Å². The number of nitrogens with zero attached hydrogens (tertiary/aromatic N) is 2. The number of likely N-dealkylation sites (tertiary alicyclic amines) is 1. The van der Waals surface area contributed by atoms with Crippen molar-refractivity contribution in [1.82, 2.24) is 15.1 Å².